The number of benzene rings is 1. The van der Waals surface area contributed by atoms with Crippen LogP contribution in [0, 0.1) is 11.8 Å². The van der Waals surface area contributed by atoms with Gasteiger partial charge >= 0.3 is 0 Å². The van der Waals surface area contributed by atoms with Gasteiger partial charge in [-0.2, -0.15) is 0 Å². The molecule has 3 aliphatic heterocycles. The van der Waals surface area contributed by atoms with Gasteiger partial charge in [0.1, 0.15) is 11.6 Å². The third kappa shape index (κ3) is 5.29. The lowest BCUT2D eigenvalue weighted by molar-refractivity contribution is -0.153. The second kappa shape index (κ2) is 12.0. The van der Waals surface area contributed by atoms with Crippen LogP contribution in [0.4, 0.5) is 0 Å². The van der Waals surface area contributed by atoms with E-state index >= 15 is 0 Å². The molecule has 39 heavy (non-hydrogen) atoms. The topological polar surface area (TPSA) is 90.4 Å². The summed E-state index contributed by atoms with van der Waals surface area (Å²) in [6, 6.07) is 8.97. The van der Waals surface area contributed by atoms with Gasteiger partial charge in [0.15, 0.2) is 0 Å². The maximum Gasteiger partial charge on any atom is 0.248 e. The van der Waals surface area contributed by atoms with Crippen molar-refractivity contribution in [1.82, 2.24) is 14.7 Å². The van der Waals surface area contributed by atoms with Crippen LogP contribution in [0.25, 0.3) is 0 Å². The van der Waals surface area contributed by atoms with E-state index in [0.717, 1.165) is 18.4 Å². The van der Waals surface area contributed by atoms with Crippen LogP contribution >= 0.6 is 0 Å². The van der Waals surface area contributed by atoms with E-state index in [1.807, 2.05) is 37.3 Å². The molecule has 4 rings (SSSR count). The predicted molar refractivity (Wildman–Crippen MR) is 149 cm³/mol. The molecule has 3 amide bonds. The van der Waals surface area contributed by atoms with E-state index < -0.39 is 29.1 Å². The standard InChI is InChI=1S/C31H43N3O5/c1-5-18-32(4)27(36)24-25-28(37)34(20-12-7-8-13-21-35)26(31(25)17-16-30(24,3)39-31)29(38)33(19-6-2)22-23-14-10-9-11-15-23/h5-6,9-11,14-15,24-26,35H,1-2,7-8,12-13,16-22H2,3-4H3/t24-,25+,26?,30+,31?/m1/s1. The van der Waals surface area contributed by atoms with Crippen molar-refractivity contribution in [2.45, 2.75) is 69.2 Å². The SMILES string of the molecule is C=CCN(C)C(=O)[C@H]1[C@H]2C(=O)N(CCCCCCO)C(C(=O)N(CC=C)Cc3ccccc3)C23CC[C@]1(C)O3. The van der Waals surface area contributed by atoms with Crippen LogP contribution in [0.1, 0.15) is 51.0 Å². The van der Waals surface area contributed by atoms with Crippen molar-refractivity contribution in [1.29, 1.82) is 0 Å². The van der Waals surface area contributed by atoms with E-state index in [2.05, 4.69) is 13.2 Å². The third-order valence-corrected chi connectivity index (χ3v) is 8.74. The van der Waals surface area contributed by atoms with Crippen LogP contribution in [-0.2, 0) is 25.7 Å². The van der Waals surface area contributed by atoms with Crippen molar-refractivity contribution < 1.29 is 24.2 Å². The Kier molecular flexibility index (Phi) is 8.96. The highest BCUT2D eigenvalue weighted by atomic mass is 16.5. The number of likely N-dealkylation sites (N-methyl/N-ethyl adjacent to an activating group) is 1. The Hall–Kier alpha value is -2.97. The summed E-state index contributed by atoms with van der Waals surface area (Å²) in [7, 11) is 1.72. The Labute approximate surface area is 232 Å². The van der Waals surface area contributed by atoms with E-state index in [9.17, 15) is 14.4 Å². The van der Waals surface area contributed by atoms with Gasteiger partial charge in [0.2, 0.25) is 17.7 Å². The lowest BCUT2D eigenvalue weighted by Crippen LogP contribution is -2.56. The van der Waals surface area contributed by atoms with E-state index in [4.69, 9.17) is 9.84 Å². The zero-order valence-corrected chi connectivity index (χ0v) is 23.4. The molecule has 1 spiro atoms. The monoisotopic (exact) mass is 537 g/mol. The quantitative estimate of drug-likeness (QED) is 0.291. The average molecular weight is 538 g/mol. The largest absolute Gasteiger partial charge is 0.396 e. The molecule has 2 unspecified atom stereocenters. The Bertz CT molecular complexity index is 1080. The highest BCUT2D eigenvalue weighted by Crippen LogP contribution is 2.63. The number of aliphatic hydroxyl groups excluding tert-OH is 1. The molecule has 0 aromatic heterocycles. The number of carbonyl (C=O) groups excluding carboxylic acids is 3. The summed E-state index contributed by atoms with van der Waals surface area (Å²) in [5.74, 6) is -1.82. The number of likely N-dealkylation sites (tertiary alicyclic amines) is 1. The number of fused-ring (bicyclic) bond motifs is 1. The number of ether oxygens (including phenoxy) is 1. The minimum absolute atomic E-state index is 0.138. The molecular weight excluding hydrogens is 494 g/mol. The summed E-state index contributed by atoms with van der Waals surface area (Å²) in [6.45, 7) is 11.2. The Morgan fingerprint density at radius 2 is 1.77 bits per heavy atom. The highest BCUT2D eigenvalue weighted by Gasteiger charge is 2.78. The molecular formula is C31H43N3O5. The minimum Gasteiger partial charge on any atom is -0.396 e. The number of unbranched alkanes of at least 4 members (excludes halogenated alkanes) is 3. The van der Waals surface area contributed by atoms with Crippen molar-refractivity contribution in [3.8, 4) is 0 Å². The van der Waals surface area contributed by atoms with Crippen LogP contribution in [0.15, 0.2) is 55.6 Å². The zero-order chi connectivity index (χ0) is 28.2. The van der Waals surface area contributed by atoms with E-state index in [1.165, 1.54) is 0 Å². The molecule has 3 aliphatic rings. The van der Waals surface area contributed by atoms with Crippen molar-refractivity contribution >= 4 is 17.7 Å². The fraction of sp³-hybridized carbons (Fsp3) is 0.581. The molecule has 5 atom stereocenters. The summed E-state index contributed by atoms with van der Waals surface area (Å²) < 4.78 is 6.75. The molecule has 1 N–H and O–H groups in total. The molecule has 212 valence electrons. The summed E-state index contributed by atoms with van der Waals surface area (Å²) in [5.41, 5.74) is -0.856. The van der Waals surface area contributed by atoms with Crippen LogP contribution in [0.3, 0.4) is 0 Å². The first-order valence-corrected chi connectivity index (χ1v) is 14.1. The van der Waals surface area contributed by atoms with Gasteiger partial charge in [0, 0.05) is 39.8 Å². The van der Waals surface area contributed by atoms with Crippen molar-refractivity contribution in [2.75, 3.05) is 33.3 Å². The molecule has 8 nitrogen and oxygen atoms in total. The molecule has 3 heterocycles. The van der Waals surface area contributed by atoms with Gasteiger partial charge in [-0.05, 0) is 38.2 Å². The molecule has 1 aromatic carbocycles. The first kappa shape index (κ1) is 29.0. The van der Waals surface area contributed by atoms with E-state index in [1.54, 1.807) is 33.9 Å². The summed E-state index contributed by atoms with van der Waals surface area (Å²) in [4.78, 5) is 47.4. The maximum atomic E-state index is 14.4. The van der Waals surface area contributed by atoms with Crippen LogP contribution in [-0.4, -0.2) is 88.1 Å². The van der Waals surface area contributed by atoms with Gasteiger partial charge in [0.25, 0.3) is 0 Å². The summed E-state index contributed by atoms with van der Waals surface area (Å²) in [5, 5.41) is 9.15. The van der Waals surface area contributed by atoms with Gasteiger partial charge in [-0.25, -0.2) is 0 Å². The Morgan fingerprint density at radius 1 is 1.08 bits per heavy atom. The minimum atomic E-state index is -1.04. The molecule has 2 bridgehead atoms. The van der Waals surface area contributed by atoms with Gasteiger partial charge in [-0.1, -0.05) is 55.3 Å². The molecule has 8 heteroatoms. The first-order valence-electron chi connectivity index (χ1n) is 14.1. The van der Waals surface area contributed by atoms with Gasteiger partial charge in [0.05, 0.1) is 17.4 Å². The smallest absolute Gasteiger partial charge is 0.248 e. The van der Waals surface area contributed by atoms with Crippen molar-refractivity contribution in [2.24, 2.45) is 11.8 Å². The molecule has 0 aliphatic carbocycles. The third-order valence-electron chi connectivity index (χ3n) is 8.74. The summed E-state index contributed by atoms with van der Waals surface area (Å²) in [6.07, 6.45) is 7.66. The number of hydrogen-bond donors (Lipinski definition) is 1. The van der Waals surface area contributed by atoms with Gasteiger partial charge in [-0.3, -0.25) is 14.4 Å². The predicted octanol–water partition coefficient (Wildman–Crippen LogP) is 3.16. The Balaban J connectivity index is 1.70. The van der Waals surface area contributed by atoms with Crippen molar-refractivity contribution in [3.05, 3.63) is 61.2 Å². The number of amides is 3. The number of hydrogen-bond acceptors (Lipinski definition) is 5. The van der Waals surface area contributed by atoms with Crippen LogP contribution in [0.2, 0.25) is 0 Å². The van der Waals surface area contributed by atoms with Gasteiger partial charge in [-0.15, -0.1) is 13.2 Å². The number of carbonyl (C=O) groups is 3. The Morgan fingerprint density at radius 3 is 2.44 bits per heavy atom. The van der Waals surface area contributed by atoms with E-state index in [0.29, 0.717) is 51.9 Å². The second-order valence-corrected chi connectivity index (χ2v) is 11.4. The lowest BCUT2D eigenvalue weighted by Gasteiger charge is -2.37. The number of rotatable bonds is 14. The second-order valence-electron chi connectivity index (χ2n) is 11.4. The summed E-state index contributed by atoms with van der Waals surface area (Å²) >= 11 is 0. The molecule has 1 aromatic rings. The van der Waals surface area contributed by atoms with Gasteiger partial charge < -0.3 is 24.5 Å². The normalized spacial score (nSPS) is 28.8. The van der Waals surface area contributed by atoms with Crippen LogP contribution in [0.5, 0.6) is 0 Å². The van der Waals surface area contributed by atoms with Crippen molar-refractivity contribution in [3.63, 3.8) is 0 Å². The zero-order valence-electron chi connectivity index (χ0n) is 23.4. The number of nitrogens with zero attached hydrogens (tertiary/aromatic N) is 3. The molecule has 3 saturated heterocycles. The van der Waals surface area contributed by atoms with E-state index in [-0.39, 0.29) is 24.3 Å². The maximum absolute atomic E-state index is 14.4. The highest BCUT2D eigenvalue weighted by molar-refractivity contribution is 5.99. The number of aliphatic hydroxyl groups is 1. The first-order chi connectivity index (χ1) is 18.7. The fourth-order valence-electron chi connectivity index (χ4n) is 6.96. The molecule has 0 saturated carbocycles. The fourth-order valence-corrected chi connectivity index (χ4v) is 6.96. The molecule has 0 radical (unpaired) electrons. The average Bonchev–Trinajstić information content (AvgIpc) is 3.49. The lowest BCUT2D eigenvalue weighted by atomic mass is 9.66. The molecule has 3 fully saturated rings. The van der Waals surface area contributed by atoms with Crippen LogP contribution < -0.4 is 0 Å².